The van der Waals surface area contributed by atoms with Crippen molar-refractivity contribution < 1.29 is 34.1 Å². The van der Waals surface area contributed by atoms with Crippen molar-refractivity contribution in [3.05, 3.63) is 89.3 Å². The predicted octanol–water partition coefficient (Wildman–Crippen LogP) is 4.01. The van der Waals surface area contributed by atoms with Gasteiger partial charge in [-0.15, -0.1) is 0 Å². The van der Waals surface area contributed by atoms with Gasteiger partial charge in [-0.25, -0.2) is 4.79 Å². The standard InChI is InChI=1S/C34H37NO7/c1-20-13-26-32(39,29(20)37)17-23(19-41-30(38)24-11-8-12-35-18-24)14-25-28-31(3,4)33(28,16-21(2)34(25,26)40)42-27(36)15-22-9-6-5-7-10-22/h5-14,18,21,25-26,28,39-40H,15-17,19H2,1-4H3/t21-,25+,26-,28-,32-,33+,34-/m1/s1. The van der Waals surface area contributed by atoms with Gasteiger partial charge in [0.15, 0.2) is 5.78 Å². The molecule has 220 valence electrons. The monoisotopic (exact) mass is 571 g/mol. The van der Waals surface area contributed by atoms with E-state index in [1.54, 1.807) is 31.3 Å². The van der Waals surface area contributed by atoms with E-state index in [1.165, 1.54) is 6.20 Å². The molecule has 8 nitrogen and oxygen atoms in total. The van der Waals surface area contributed by atoms with Crippen LogP contribution in [0.15, 0.2) is 78.2 Å². The summed E-state index contributed by atoms with van der Waals surface area (Å²) in [4.78, 5) is 43.4. The van der Waals surface area contributed by atoms with Crippen molar-refractivity contribution in [2.75, 3.05) is 6.61 Å². The lowest BCUT2D eigenvalue weighted by atomic mass is 9.60. The summed E-state index contributed by atoms with van der Waals surface area (Å²) in [6.45, 7) is 7.48. The van der Waals surface area contributed by atoms with E-state index >= 15 is 0 Å². The molecule has 0 saturated heterocycles. The largest absolute Gasteiger partial charge is 0.458 e. The van der Waals surface area contributed by atoms with Crippen LogP contribution in [0.2, 0.25) is 0 Å². The molecule has 4 aliphatic rings. The van der Waals surface area contributed by atoms with Crippen molar-refractivity contribution in [3.8, 4) is 0 Å². The first-order valence-electron chi connectivity index (χ1n) is 14.5. The Morgan fingerprint density at radius 3 is 2.50 bits per heavy atom. The fraction of sp³-hybridized carbons (Fsp3) is 0.471. The number of carbonyl (C=O) groups is 3. The van der Waals surface area contributed by atoms with Crippen LogP contribution in [0.5, 0.6) is 0 Å². The SMILES string of the molecule is CC1=C[C@H]2[C@@]3(O)[C@H](C)C[C@]4(OC(=O)Cc5ccccc5)[C@H]([C@@H]3C=C(COC(=O)c3cccnc3)C[C@]2(O)C1=O)C4(C)C. The maximum absolute atomic E-state index is 13.4. The topological polar surface area (TPSA) is 123 Å². The second kappa shape index (κ2) is 9.71. The van der Waals surface area contributed by atoms with E-state index < -0.39 is 51.7 Å². The first-order chi connectivity index (χ1) is 19.8. The minimum absolute atomic E-state index is 0.0792. The highest BCUT2D eigenvalue weighted by Gasteiger charge is 2.83. The number of rotatable bonds is 6. The van der Waals surface area contributed by atoms with Crippen LogP contribution in [0.4, 0.5) is 0 Å². The molecule has 0 spiro atoms. The van der Waals surface area contributed by atoms with Gasteiger partial charge in [0.25, 0.3) is 0 Å². The Balaban J connectivity index is 1.36. The second-order valence-electron chi connectivity index (χ2n) is 13.1. The average molecular weight is 572 g/mol. The molecule has 0 radical (unpaired) electrons. The van der Waals surface area contributed by atoms with E-state index in [2.05, 4.69) is 4.98 Å². The number of pyridine rings is 1. The second-order valence-corrected chi connectivity index (χ2v) is 13.1. The van der Waals surface area contributed by atoms with Crippen LogP contribution in [-0.4, -0.2) is 56.3 Å². The molecule has 0 bridgehead atoms. The molecule has 8 heteroatoms. The molecule has 2 saturated carbocycles. The van der Waals surface area contributed by atoms with Crippen LogP contribution in [0.25, 0.3) is 0 Å². The Hall–Kier alpha value is -3.62. The predicted molar refractivity (Wildman–Crippen MR) is 153 cm³/mol. The number of esters is 2. The lowest BCUT2D eigenvalue weighted by Gasteiger charge is -2.50. The summed E-state index contributed by atoms with van der Waals surface area (Å²) < 4.78 is 12.0. The van der Waals surface area contributed by atoms with E-state index in [9.17, 15) is 24.6 Å². The first kappa shape index (κ1) is 28.5. The van der Waals surface area contributed by atoms with Gasteiger partial charge in [-0.3, -0.25) is 14.6 Å². The Kier molecular flexibility index (Phi) is 6.59. The molecule has 4 aliphatic carbocycles. The highest BCUT2D eigenvalue weighted by molar-refractivity contribution is 6.04. The summed E-state index contributed by atoms with van der Waals surface area (Å²) in [5.41, 5.74) is -2.60. The number of hydrogen-bond acceptors (Lipinski definition) is 8. The van der Waals surface area contributed by atoms with Crippen LogP contribution in [-0.2, 0) is 25.5 Å². The highest BCUT2D eigenvalue weighted by atomic mass is 16.6. The molecule has 1 aromatic heterocycles. The van der Waals surface area contributed by atoms with Crippen LogP contribution in [0.1, 0.15) is 56.5 Å². The number of fused-ring (bicyclic) bond motifs is 5. The fourth-order valence-electron chi connectivity index (χ4n) is 8.32. The van der Waals surface area contributed by atoms with Crippen LogP contribution >= 0.6 is 0 Å². The lowest BCUT2D eigenvalue weighted by molar-refractivity contribution is -0.186. The van der Waals surface area contributed by atoms with Crippen molar-refractivity contribution in [1.82, 2.24) is 4.98 Å². The van der Waals surface area contributed by atoms with E-state index in [-0.39, 0.29) is 36.9 Å². The Bertz CT molecular complexity index is 1500. The lowest BCUT2D eigenvalue weighted by Crippen LogP contribution is -2.61. The smallest absolute Gasteiger partial charge is 0.340 e. The summed E-state index contributed by atoms with van der Waals surface area (Å²) in [5, 5.41) is 24.6. The molecule has 1 aromatic carbocycles. The van der Waals surface area contributed by atoms with Gasteiger partial charge in [-0.2, -0.15) is 0 Å². The van der Waals surface area contributed by atoms with Gasteiger partial charge in [0.1, 0.15) is 17.8 Å². The first-order valence-corrected chi connectivity index (χ1v) is 14.5. The quantitative estimate of drug-likeness (QED) is 0.394. The van der Waals surface area contributed by atoms with Gasteiger partial charge in [-0.1, -0.05) is 63.3 Å². The summed E-state index contributed by atoms with van der Waals surface area (Å²) in [7, 11) is 0. The minimum atomic E-state index is -1.88. The number of ketones is 1. The fourth-order valence-corrected chi connectivity index (χ4v) is 8.32. The van der Waals surface area contributed by atoms with Crippen molar-refractivity contribution in [1.29, 1.82) is 0 Å². The molecule has 2 fully saturated rings. The molecule has 6 rings (SSSR count). The zero-order valence-corrected chi connectivity index (χ0v) is 24.4. The van der Waals surface area contributed by atoms with Gasteiger partial charge in [0, 0.05) is 42.0 Å². The number of nitrogens with zero attached hydrogens (tertiary/aromatic N) is 1. The number of carbonyl (C=O) groups excluding carboxylic acids is 3. The van der Waals surface area contributed by atoms with E-state index in [0.717, 1.165) is 5.56 Å². The summed E-state index contributed by atoms with van der Waals surface area (Å²) in [6, 6.07) is 12.7. The van der Waals surface area contributed by atoms with Crippen LogP contribution < -0.4 is 0 Å². The third kappa shape index (κ3) is 4.10. The van der Waals surface area contributed by atoms with E-state index in [0.29, 0.717) is 17.6 Å². The highest BCUT2D eigenvalue weighted by Crippen LogP contribution is 2.76. The summed E-state index contributed by atoms with van der Waals surface area (Å²) in [6.07, 6.45) is 7.00. The number of hydrogen-bond donors (Lipinski definition) is 2. The van der Waals surface area contributed by atoms with Crippen molar-refractivity contribution in [2.24, 2.45) is 29.1 Å². The molecule has 2 N–H and O–H groups in total. The maximum atomic E-state index is 13.4. The van der Waals surface area contributed by atoms with Gasteiger partial charge in [0.05, 0.1) is 17.6 Å². The molecular weight excluding hydrogens is 534 g/mol. The zero-order valence-electron chi connectivity index (χ0n) is 24.4. The molecule has 7 atom stereocenters. The third-order valence-corrected chi connectivity index (χ3v) is 10.4. The summed E-state index contributed by atoms with van der Waals surface area (Å²) >= 11 is 0. The average Bonchev–Trinajstić information content (AvgIpc) is 3.36. The number of aliphatic hydroxyl groups is 2. The Labute approximate surface area is 245 Å². The molecule has 0 aliphatic heterocycles. The molecule has 1 heterocycles. The molecule has 0 unspecified atom stereocenters. The number of aromatic nitrogens is 1. The third-order valence-electron chi connectivity index (χ3n) is 10.4. The van der Waals surface area contributed by atoms with Crippen LogP contribution in [0, 0.1) is 29.1 Å². The number of benzene rings is 1. The Morgan fingerprint density at radius 2 is 1.81 bits per heavy atom. The molecule has 0 amide bonds. The number of ether oxygens (including phenoxy) is 2. The van der Waals surface area contributed by atoms with E-state index in [4.69, 9.17) is 9.47 Å². The van der Waals surface area contributed by atoms with Gasteiger partial charge < -0.3 is 19.7 Å². The van der Waals surface area contributed by atoms with Gasteiger partial charge >= 0.3 is 11.9 Å². The van der Waals surface area contributed by atoms with Gasteiger partial charge in [-0.05, 0) is 48.1 Å². The Morgan fingerprint density at radius 1 is 1.07 bits per heavy atom. The van der Waals surface area contributed by atoms with Crippen molar-refractivity contribution >= 4 is 17.7 Å². The minimum Gasteiger partial charge on any atom is -0.458 e. The molecule has 42 heavy (non-hydrogen) atoms. The normalized spacial score (nSPS) is 35.9. The summed E-state index contributed by atoms with van der Waals surface area (Å²) in [5.74, 6) is -3.48. The number of Topliss-reactive ketones (excluding diaryl/α,β-unsaturated/α-hetero) is 1. The van der Waals surface area contributed by atoms with Crippen molar-refractivity contribution in [3.63, 3.8) is 0 Å². The maximum Gasteiger partial charge on any atom is 0.340 e. The molecular formula is C34H37NO7. The van der Waals surface area contributed by atoms with Gasteiger partial charge in [0.2, 0.25) is 0 Å². The van der Waals surface area contributed by atoms with Crippen LogP contribution in [0.3, 0.4) is 0 Å². The zero-order chi connectivity index (χ0) is 30.1. The van der Waals surface area contributed by atoms with E-state index in [1.807, 2.05) is 57.2 Å². The van der Waals surface area contributed by atoms with Crippen molar-refractivity contribution in [2.45, 2.75) is 63.8 Å². The molecule has 2 aromatic rings.